The molecule has 0 heterocycles. The van der Waals surface area contributed by atoms with Gasteiger partial charge in [0.2, 0.25) is 0 Å². The van der Waals surface area contributed by atoms with Gasteiger partial charge in [-0.3, -0.25) is 4.90 Å². The fraction of sp³-hybridized carbons (Fsp3) is 1.00. The second kappa shape index (κ2) is 5.72. The van der Waals surface area contributed by atoms with Crippen LogP contribution in [0.1, 0.15) is 40.0 Å². The van der Waals surface area contributed by atoms with E-state index >= 15 is 0 Å². The van der Waals surface area contributed by atoms with Crippen LogP contribution in [0.25, 0.3) is 0 Å². The maximum Gasteiger partial charge on any atom is 0.00966 e. The minimum Gasteiger partial charge on any atom is -0.330 e. The van der Waals surface area contributed by atoms with Gasteiger partial charge < -0.3 is 5.73 Å². The Bertz CT molecular complexity index is 148. The number of hydrogen-bond donors (Lipinski definition) is 1. The number of rotatable bonds is 7. The summed E-state index contributed by atoms with van der Waals surface area (Å²) >= 11 is 0. The summed E-state index contributed by atoms with van der Waals surface area (Å²) in [5, 5.41) is 0. The van der Waals surface area contributed by atoms with Gasteiger partial charge in [0.25, 0.3) is 0 Å². The van der Waals surface area contributed by atoms with Crippen LogP contribution in [0, 0.1) is 11.8 Å². The molecule has 1 atom stereocenters. The predicted octanol–water partition coefficient (Wildman–Crippen LogP) is 2.09. The SMILES string of the molecule is CCC(CN)CN(CC(C)C)C1CC1. The Morgan fingerprint density at radius 1 is 1.29 bits per heavy atom. The molecule has 14 heavy (non-hydrogen) atoms. The first-order valence-electron chi connectivity index (χ1n) is 6.11. The molecule has 1 saturated carbocycles. The third-order valence-corrected chi connectivity index (χ3v) is 3.07. The van der Waals surface area contributed by atoms with Gasteiger partial charge >= 0.3 is 0 Å². The van der Waals surface area contributed by atoms with Gasteiger partial charge in [-0.2, -0.15) is 0 Å². The monoisotopic (exact) mass is 198 g/mol. The molecule has 0 spiro atoms. The van der Waals surface area contributed by atoms with Crippen LogP contribution in [0.3, 0.4) is 0 Å². The van der Waals surface area contributed by atoms with E-state index in [0.717, 1.165) is 18.5 Å². The Morgan fingerprint density at radius 2 is 1.93 bits per heavy atom. The van der Waals surface area contributed by atoms with Crippen LogP contribution in [-0.4, -0.2) is 30.6 Å². The molecule has 0 bridgehead atoms. The van der Waals surface area contributed by atoms with E-state index in [9.17, 15) is 0 Å². The van der Waals surface area contributed by atoms with Crippen molar-refractivity contribution in [2.24, 2.45) is 17.6 Å². The highest BCUT2D eigenvalue weighted by Gasteiger charge is 2.30. The molecule has 2 heteroatoms. The van der Waals surface area contributed by atoms with E-state index in [1.165, 1.54) is 32.4 Å². The molecule has 1 aliphatic rings. The van der Waals surface area contributed by atoms with Crippen molar-refractivity contribution in [2.75, 3.05) is 19.6 Å². The normalized spacial score (nSPS) is 19.3. The van der Waals surface area contributed by atoms with Crippen molar-refractivity contribution in [1.82, 2.24) is 4.90 Å². The Kier molecular flexibility index (Phi) is 4.90. The zero-order valence-corrected chi connectivity index (χ0v) is 10.00. The summed E-state index contributed by atoms with van der Waals surface area (Å²) < 4.78 is 0. The molecule has 1 rings (SSSR count). The third kappa shape index (κ3) is 3.97. The summed E-state index contributed by atoms with van der Waals surface area (Å²) in [6, 6.07) is 0.887. The zero-order chi connectivity index (χ0) is 10.6. The maximum atomic E-state index is 5.76. The molecule has 0 aromatic rings. The first kappa shape index (κ1) is 12.0. The first-order chi connectivity index (χ1) is 6.67. The fourth-order valence-corrected chi connectivity index (χ4v) is 1.98. The zero-order valence-electron chi connectivity index (χ0n) is 10.00. The van der Waals surface area contributed by atoms with Crippen LogP contribution in [-0.2, 0) is 0 Å². The van der Waals surface area contributed by atoms with E-state index in [-0.39, 0.29) is 0 Å². The first-order valence-corrected chi connectivity index (χ1v) is 6.11. The van der Waals surface area contributed by atoms with E-state index in [0.29, 0.717) is 5.92 Å². The van der Waals surface area contributed by atoms with Crippen molar-refractivity contribution < 1.29 is 0 Å². The van der Waals surface area contributed by atoms with Crippen molar-refractivity contribution in [3.8, 4) is 0 Å². The molecule has 0 saturated heterocycles. The van der Waals surface area contributed by atoms with Gasteiger partial charge in [-0.25, -0.2) is 0 Å². The lowest BCUT2D eigenvalue weighted by atomic mass is 10.1. The topological polar surface area (TPSA) is 29.3 Å². The van der Waals surface area contributed by atoms with Crippen molar-refractivity contribution in [2.45, 2.75) is 46.1 Å². The summed E-state index contributed by atoms with van der Waals surface area (Å²) in [4.78, 5) is 2.66. The molecular weight excluding hydrogens is 172 g/mol. The average Bonchev–Trinajstić information content (AvgIpc) is 2.94. The highest BCUT2D eigenvalue weighted by Crippen LogP contribution is 2.28. The summed E-state index contributed by atoms with van der Waals surface area (Å²) in [6.07, 6.45) is 4.04. The standard InChI is InChI=1S/C12H26N2/c1-4-11(7-13)9-14(8-10(2)3)12-5-6-12/h10-12H,4-9,13H2,1-3H3. The summed E-state index contributed by atoms with van der Waals surface area (Å²) in [6.45, 7) is 10.2. The van der Waals surface area contributed by atoms with Crippen LogP contribution in [0.5, 0.6) is 0 Å². The van der Waals surface area contributed by atoms with E-state index in [4.69, 9.17) is 5.73 Å². The van der Waals surface area contributed by atoms with Gasteiger partial charge in [0.15, 0.2) is 0 Å². The van der Waals surface area contributed by atoms with Gasteiger partial charge in [0, 0.05) is 19.1 Å². The largest absolute Gasteiger partial charge is 0.330 e. The van der Waals surface area contributed by atoms with Gasteiger partial charge in [0.05, 0.1) is 0 Å². The number of nitrogens with zero attached hydrogens (tertiary/aromatic N) is 1. The number of nitrogens with two attached hydrogens (primary N) is 1. The Hall–Kier alpha value is -0.0800. The minimum absolute atomic E-state index is 0.703. The van der Waals surface area contributed by atoms with Crippen LogP contribution < -0.4 is 5.73 Å². The van der Waals surface area contributed by atoms with E-state index in [1.807, 2.05) is 0 Å². The number of hydrogen-bond acceptors (Lipinski definition) is 2. The molecule has 1 unspecified atom stereocenters. The Balaban J connectivity index is 2.33. The molecule has 2 N–H and O–H groups in total. The van der Waals surface area contributed by atoms with Crippen molar-refractivity contribution >= 4 is 0 Å². The van der Waals surface area contributed by atoms with E-state index in [2.05, 4.69) is 25.7 Å². The molecule has 84 valence electrons. The lowest BCUT2D eigenvalue weighted by molar-refractivity contribution is 0.198. The van der Waals surface area contributed by atoms with Crippen molar-refractivity contribution in [1.29, 1.82) is 0 Å². The summed E-state index contributed by atoms with van der Waals surface area (Å²) in [5.74, 6) is 1.49. The fourth-order valence-electron chi connectivity index (χ4n) is 1.98. The highest BCUT2D eigenvalue weighted by atomic mass is 15.2. The summed E-state index contributed by atoms with van der Waals surface area (Å²) in [5.41, 5.74) is 5.76. The molecular formula is C12H26N2. The smallest absolute Gasteiger partial charge is 0.00966 e. The lowest BCUT2D eigenvalue weighted by Crippen LogP contribution is -2.36. The quantitative estimate of drug-likeness (QED) is 0.679. The minimum atomic E-state index is 0.703. The van der Waals surface area contributed by atoms with Crippen LogP contribution in [0.4, 0.5) is 0 Å². The second-order valence-electron chi connectivity index (χ2n) is 5.09. The van der Waals surface area contributed by atoms with Crippen molar-refractivity contribution in [3.63, 3.8) is 0 Å². The Morgan fingerprint density at radius 3 is 2.29 bits per heavy atom. The molecule has 0 amide bonds. The Labute approximate surface area is 88.8 Å². The highest BCUT2D eigenvalue weighted by molar-refractivity contribution is 4.86. The third-order valence-electron chi connectivity index (χ3n) is 3.07. The van der Waals surface area contributed by atoms with E-state index < -0.39 is 0 Å². The van der Waals surface area contributed by atoms with Crippen LogP contribution in [0.2, 0.25) is 0 Å². The average molecular weight is 198 g/mol. The van der Waals surface area contributed by atoms with Gasteiger partial charge in [-0.15, -0.1) is 0 Å². The lowest BCUT2D eigenvalue weighted by Gasteiger charge is -2.27. The van der Waals surface area contributed by atoms with E-state index in [1.54, 1.807) is 0 Å². The molecule has 2 nitrogen and oxygen atoms in total. The predicted molar refractivity (Wildman–Crippen MR) is 62.3 cm³/mol. The summed E-state index contributed by atoms with van der Waals surface area (Å²) in [7, 11) is 0. The molecule has 0 aromatic heterocycles. The molecule has 0 radical (unpaired) electrons. The molecule has 1 aliphatic carbocycles. The van der Waals surface area contributed by atoms with Gasteiger partial charge in [0.1, 0.15) is 0 Å². The maximum absolute atomic E-state index is 5.76. The van der Waals surface area contributed by atoms with Gasteiger partial charge in [-0.1, -0.05) is 27.2 Å². The molecule has 0 aliphatic heterocycles. The molecule has 0 aromatic carbocycles. The second-order valence-corrected chi connectivity index (χ2v) is 5.09. The van der Waals surface area contributed by atoms with Gasteiger partial charge in [-0.05, 0) is 31.2 Å². The van der Waals surface area contributed by atoms with Crippen molar-refractivity contribution in [3.05, 3.63) is 0 Å². The van der Waals surface area contributed by atoms with Crippen LogP contribution >= 0.6 is 0 Å². The molecule has 1 fully saturated rings. The van der Waals surface area contributed by atoms with Crippen LogP contribution in [0.15, 0.2) is 0 Å².